The van der Waals surface area contributed by atoms with Crippen molar-refractivity contribution in [2.45, 2.75) is 0 Å². The quantitative estimate of drug-likeness (QED) is 0.211. The summed E-state index contributed by atoms with van der Waals surface area (Å²) in [5.74, 6) is 1.95. The standard InChI is InChI=1S/C45H32B5N3O/c46-37-36(38(47)40(49)41(50)39(37)48)45-52-43(23-9-2-1-3-10-23)51-44(53-45)25-18-20-32-33-16-8-15-26(42(33)54-35(32)22-25)24-17-19-31-29-13-5-4-11-27(29)28-12-6-7-14-30(28)34(31)21-24/h1-22H,46-50H2. The maximum absolute atomic E-state index is 6.81. The van der Waals surface area contributed by atoms with Gasteiger partial charge in [0.2, 0.25) is 0 Å². The summed E-state index contributed by atoms with van der Waals surface area (Å²) in [6, 6.07) is 47.2. The Morgan fingerprint density at radius 3 is 1.52 bits per heavy atom. The minimum absolute atomic E-state index is 0.616. The second kappa shape index (κ2) is 12.4. The minimum Gasteiger partial charge on any atom is -0.455 e. The fourth-order valence-electron chi connectivity index (χ4n) is 8.41. The maximum Gasteiger partial charge on any atom is 0.164 e. The van der Waals surface area contributed by atoms with E-state index in [2.05, 4.69) is 154 Å². The van der Waals surface area contributed by atoms with Gasteiger partial charge in [-0.1, -0.05) is 126 Å². The van der Waals surface area contributed by atoms with Gasteiger partial charge in [-0.3, -0.25) is 0 Å². The molecule has 0 unspecified atom stereocenters. The summed E-state index contributed by atoms with van der Waals surface area (Å²) in [5, 5.41) is 9.69. The highest BCUT2D eigenvalue weighted by molar-refractivity contribution is 6.68. The number of hydrogen-bond donors (Lipinski definition) is 0. The summed E-state index contributed by atoms with van der Waals surface area (Å²) in [5.41, 5.74) is 13.0. The van der Waals surface area contributed by atoms with Crippen LogP contribution in [0.1, 0.15) is 0 Å². The Bertz CT molecular complexity index is 3120. The Kier molecular flexibility index (Phi) is 7.42. The van der Waals surface area contributed by atoms with Crippen molar-refractivity contribution in [1.29, 1.82) is 0 Å². The molecule has 9 heteroatoms. The Hall–Kier alpha value is -6.33. The van der Waals surface area contributed by atoms with Crippen LogP contribution in [0.2, 0.25) is 0 Å². The van der Waals surface area contributed by atoms with Crippen LogP contribution in [0.25, 0.3) is 99.5 Å². The molecular formula is C45H32B5N3O. The molecule has 0 bridgehead atoms. The molecule has 10 rings (SSSR count). The van der Waals surface area contributed by atoms with Gasteiger partial charge < -0.3 is 4.42 Å². The van der Waals surface area contributed by atoms with Crippen molar-refractivity contribution in [3.05, 3.63) is 133 Å². The topological polar surface area (TPSA) is 51.8 Å². The Morgan fingerprint density at radius 2 is 0.852 bits per heavy atom. The second-order valence-electron chi connectivity index (χ2n) is 14.5. The summed E-state index contributed by atoms with van der Waals surface area (Å²) >= 11 is 0. The van der Waals surface area contributed by atoms with Gasteiger partial charge in [0.15, 0.2) is 17.5 Å². The third-order valence-corrected chi connectivity index (χ3v) is 11.7. The van der Waals surface area contributed by atoms with Gasteiger partial charge in [-0.25, -0.2) is 15.0 Å². The van der Waals surface area contributed by atoms with Crippen LogP contribution in [0.5, 0.6) is 0 Å². The highest BCUT2D eigenvalue weighted by Gasteiger charge is 2.20. The van der Waals surface area contributed by atoms with Crippen LogP contribution in [0.15, 0.2) is 138 Å². The van der Waals surface area contributed by atoms with E-state index in [1.54, 1.807) is 0 Å². The predicted octanol–water partition coefficient (Wildman–Crippen LogP) is 3.19. The molecule has 10 aromatic rings. The predicted molar refractivity (Wildman–Crippen MR) is 242 cm³/mol. The van der Waals surface area contributed by atoms with Gasteiger partial charge in [0.05, 0.1) is 0 Å². The van der Waals surface area contributed by atoms with Gasteiger partial charge in [0.25, 0.3) is 0 Å². The molecule has 0 aliphatic heterocycles. The number of para-hydroxylation sites is 1. The van der Waals surface area contributed by atoms with E-state index < -0.39 is 0 Å². The first kappa shape index (κ1) is 32.3. The van der Waals surface area contributed by atoms with Crippen LogP contribution in [0, 0.1) is 0 Å². The van der Waals surface area contributed by atoms with E-state index in [9.17, 15) is 0 Å². The molecule has 0 amide bonds. The third kappa shape index (κ3) is 4.95. The molecule has 2 heterocycles. The van der Waals surface area contributed by atoms with Crippen LogP contribution < -0.4 is 27.3 Å². The minimum atomic E-state index is 0.616. The maximum atomic E-state index is 6.81. The Labute approximate surface area is 317 Å². The molecule has 0 saturated carbocycles. The van der Waals surface area contributed by atoms with Crippen LogP contribution in [0.4, 0.5) is 0 Å². The molecule has 0 atom stereocenters. The van der Waals surface area contributed by atoms with Gasteiger partial charge in [0, 0.05) is 33.0 Å². The number of hydrogen-bond acceptors (Lipinski definition) is 4. The lowest BCUT2D eigenvalue weighted by atomic mass is 9.60. The zero-order valence-corrected chi connectivity index (χ0v) is 31.0. The summed E-state index contributed by atoms with van der Waals surface area (Å²) in [6.45, 7) is 0. The Balaban J connectivity index is 1.15. The van der Waals surface area contributed by atoms with Gasteiger partial charge in [-0.05, 0) is 56.1 Å². The molecule has 0 radical (unpaired) electrons. The number of benzene rings is 8. The van der Waals surface area contributed by atoms with Crippen molar-refractivity contribution in [2.24, 2.45) is 0 Å². The number of nitrogens with zero attached hydrogens (tertiary/aromatic N) is 3. The first-order chi connectivity index (χ1) is 26.4. The molecule has 54 heavy (non-hydrogen) atoms. The molecule has 0 saturated heterocycles. The van der Waals surface area contributed by atoms with Crippen molar-refractivity contribution in [3.63, 3.8) is 0 Å². The van der Waals surface area contributed by atoms with Crippen molar-refractivity contribution < 1.29 is 4.42 Å². The van der Waals surface area contributed by atoms with Gasteiger partial charge in [0.1, 0.15) is 50.4 Å². The number of furan rings is 1. The van der Waals surface area contributed by atoms with E-state index in [4.69, 9.17) is 19.4 Å². The van der Waals surface area contributed by atoms with Crippen LogP contribution in [-0.4, -0.2) is 54.2 Å². The van der Waals surface area contributed by atoms with Crippen LogP contribution in [0.3, 0.4) is 0 Å². The Morgan fingerprint density at radius 1 is 0.352 bits per heavy atom. The lowest BCUT2D eigenvalue weighted by Crippen LogP contribution is -2.55. The lowest BCUT2D eigenvalue weighted by molar-refractivity contribution is 0.670. The first-order valence-electron chi connectivity index (χ1n) is 18.5. The normalized spacial score (nSPS) is 11.7. The molecular weight excluding hydrogens is 653 g/mol. The van der Waals surface area contributed by atoms with Crippen LogP contribution in [-0.2, 0) is 0 Å². The highest BCUT2D eigenvalue weighted by Crippen LogP contribution is 2.41. The fourth-order valence-corrected chi connectivity index (χ4v) is 8.41. The molecule has 0 aliphatic rings. The molecule has 2 aromatic heterocycles. The van der Waals surface area contributed by atoms with Crippen molar-refractivity contribution in [3.8, 4) is 45.3 Å². The zero-order valence-electron chi connectivity index (χ0n) is 31.0. The van der Waals surface area contributed by atoms with E-state index in [1.807, 2.05) is 18.2 Å². The van der Waals surface area contributed by atoms with E-state index in [-0.39, 0.29) is 0 Å². The fraction of sp³-hybridized carbons (Fsp3) is 0. The number of fused-ring (bicyclic) bond motifs is 9. The third-order valence-electron chi connectivity index (χ3n) is 11.7. The summed E-state index contributed by atoms with van der Waals surface area (Å²) < 4.78 is 6.81. The van der Waals surface area contributed by atoms with Crippen LogP contribution >= 0.6 is 0 Å². The highest BCUT2D eigenvalue weighted by atomic mass is 16.3. The van der Waals surface area contributed by atoms with Crippen molar-refractivity contribution >= 4 is 121 Å². The van der Waals surface area contributed by atoms with E-state index >= 15 is 0 Å². The molecule has 0 N–H and O–H groups in total. The monoisotopic (exact) mass is 685 g/mol. The van der Waals surface area contributed by atoms with Gasteiger partial charge in [-0.15, -0.1) is 16.4 Å². The smallest absolute Gasteiger partial charge is 0.164 e. The molecule has 0 aliphatic carbocycles. The molecule has 8 aromatic carbocycles. The largest absolute Gasteiger partial charge is 0.455 e. The van der Waals surface area contributed by atoms with Gasteiger partial charge in [-0.2, -0.15) is 0 Å². The molecule has 0 fully saturated rings. The second-order valence-corrected chi connectivity index (χ2v) is 14.5. The summed E-state index contributed by atoms with van der Waals surface area (Å²) in [7, 11) is 10.9. The SMILES string of the molecule is Bc1c(B)c(B)c(-c2nc(-c3ccccc3)nc(-c3ccc4c(c3)oc3c(-c5ccc6c7ccccc7c7ccccc7c6c5)cccc34)n2)c(B)c1B. The number of aromatic nitrogens is 3. The van der Waals surface area contributed by atoms with E-state index in [0.717, 1.165) is 49.8 Å². The zero-order chi connectivity index (χ0) is 36.7. The average molecular weight is 685 g/mol. The number of rotatable bonds is 4. The van der Waals surface area contributed by atoms with E-state index in [0.29, 0.717) is 17.5 Å². The molecule has 4 nitrogen and oxygen atoms in total. The lowest BCUT2D eigenvalue weighted by Gasteiger charge is -2.20. The first-order valence-corrected chi connectivity index (χ1v) is 18.5. The molecule has 0 spiro atoms. The van der Waals surface area contributed by atoms with Gasteiger partial charge >= 0.3 is 0 Å². The van der Waals surface area contributed by atoms with Crippen molar-refractivity contribution in [1.82, 2.24) is 15.0 Å². The summed E-state index contributed by atoms with van der Waals surface area (Å²) in [6.07, 6.45) is 0. The molecule has 248 valence electrons. The summed E-state index contributed by atoms with van der Waals surface area (Å²) in [4.78, 5) is 15.3. The average Bonchev–Trinajstić information content (AvgIpc) is 3.61. The van der Waals surface area contributed by atoms with Crippen molar-refractivity contribution in [2.75, 3.05) is 0 Å². The van der Waals surface area contributed by atoms with E-state index in [1.165, 1.54) is 59.6 Å².